The number of amides is 1. The average molecular weight is 277 g/mol. The molecule has 0 aromatic heterocycles. The molecule has 0 spiro atoms. The van der Waals surface area contributed by atoms with Gasteiger partial charge in [0.05, 0.1) is 0 Å². The van der Waals surface area contributed by atoms with Crippen LogP contribution >= 0.6 is 12.4 Å². The van der Waals surface area contributed by atoms with Crippen LogP contribution in [0.5, 0.6) is 0 Å². The van der Waals surface area contributed by atoms with Gasteiger partial charge in [-0.2, -0.15) is 0 Å². The minimum Gasteiger partial charge on any atom is -0.353 e. The summed E-state index contributed by atoms with van der Waals surface area (Å²) in [6, 6.07) is 0.406. The summed E-state index contributed by atoms with van der Waals surface area (Å²) in [4.78, 5) is 11.9. The topological polar surface area (TPSA) is 41.1 Å². The standard InChI is InChI=1S/C14H28N2O.ClH/c1-10(2)12-6-5-7-13(8-12)16-14(17)11(3)9-15-4;/h10-13,15H,5-9H2,1-4H3,(H,16,17);1H. The quantitative estimate of drug-likeness (QED) is 0.810. The first-order valence-corrected chi connectivity index (χ1v) is 6.99. The Kier molecular flexibility index (Phi) is 8.62. The van der Waals surface area contributed by atoms with Gasteiger partial charge in [-0.15, -0.1) is 12.4 Å². The number of nitrogens with one attached hydrogen (secondary N) is 2. The van der Waals surface area contributed by atoms with Crippen molar-refractivity contribution in [1.82, 2.24) is 10.6 Å². The molecule has 0 radical (unpaired) electrons. The summed E-state index contributed by atoms with van der Waals surface area (Å²) in [5.74, 6) is 1.80. The van der Waals surface area contributed by atoms with Gasteiger partial charge >= 0.3 is 0 Å². The summed E-state index contributed by atoms with van der Waals surface area (Å²) in [5.41, 5.74) is 0. The fourth-order valence-electron chi connectivity index (χ4n) is 2.71. The highest BCUT2D eigenvalue weighted by Crippen LogP contribution is 2.29. The molecule has 3 nitrogen and oxygen atoms in total. The van der Waals surface area contributed by atoms with Crippen molar-refractivity contribution in [3.63, 3.8) is 0 Å². The van der Waals surface area contributed by atoms with Crippen LogP contribution in [0.25, 0.3) is 0 Å². The highest BCUT2D eigenvalue weighted by Gasteiger charge is 2.26. The summed E-state index contributed by atoms with van der Waals surface area (Å²) in [6.45, 7) is 7.32. The molecule has 4 heteroatoms. The maximum atomic E-state index is 11.9. The molecule has 0 heterocycles. The van der Waals surface area contributed by atoms with E-state index in [-0.39, 0.29) is 24.2 Å². The molecule has 18 heavy (non-hydrogen) atoms. The first-order valence-electron chi connectivity index (χ1n) is 6.99. The van der Waals surface area contributed by atoms with Crippen LogP contribution in [0.3, 0.4) is 0 Å². The van der Waals surface area contributed by atoms with Gasteiger partial charge in [-0.05, 0) is 31.7 Å². The van der Waals surface area contributed by atoms with Crippen molar-refractivity contribution in [2.45, 2.75) is 52.5 Å². The third-order valence-electron chi connectivity index (χ3n) is 3.96. The Balaban J connectivity index is 0.00000289. The third kappa shape index (κ3) is 5.57. The predicted octanol–water partition coefficient (Wildman–Crippen LogP) is 2.59. The van der Waals surface area contributed by atoms with Gasteiger partial charge < -0.3 is 10.6 Å². The Morgan fingerprint density at radius 2 is 1.94 bits per heavy atom. The largest absolute Gasteiger partial charge is 0.353 e. The molecule has 1 aliphatic carbocycles. The molecule has 1 saturated carbocycles. The molecule has 3 atom stereocenters. The molecule has 0 aromatic rings. The van der Waals surface area contributed by atoms with E-state index < -0.39 is 0 Å². The lowest BCUT2D eigenvalue weighted by Crippen LogP contribution is -2.43. The number of halogens is 1. The van der Waals surface area contributed by atoms with Gasteiger partial charge in [0, 0.05) is 18.5 Å². The van der Waals surface area contributed by atoms with Gasteiger partial charge in [-0.1, -0.05) is 33.6 Å². The van der Waals surface area contributed by atoms with Crippen LogP contribution in [-0.4, -0.2) is 25.5 Å². The van der Waals surface area contributed by atoms with Crippen molar-refractivity contribution in [3.05, 3.63) is 0 Å². The molecule has 0 bridgehead atoms. The lowest BCUT2D eigenvalue weighted by molar-refractivity contribution is -0.125. The van der Waals surface area contributed by atoms with Gasteiger partial charge in [0.15, 0.2) is 0 Å². The molecule has 0 aromatic carbocycles. The lowest BCUT2D eigenvalue weighted by atomic mass is 9.79. The highest BCUT2D eigenvalue weighted by molar-refractivity contribution is 5.85. The smallest absolute Gasteiger partial charge is 0.224 e. The lowest BCUT2D eigenvalue weighted by Gasteiger charge is -2.32. The van der Waals surface area contributed by atoms with E-state index in [0.29, 0.717) is 6.04 Å². The SMILES string of the molecule is CNCC(C)C(=O)NC1CCCC(C(C)C)C1.Cl. The molecule has 1 fully saturated rings. The van der Waals surface area contributed by atoms with E-state index >= 15 is 0 Å². The zero-order chi connectivity index (χ0) is 12.8. The van der Waals surface area contributed by atoms with Crippen LogP contribution in [0, 0.1) is 17.8 Å². The van der Waals surface area contributed by atoms with Gasteiger partial charge in [0.1, 0.15) is 0 Å². The second-order valence-electron chi connectivity index (χ2n) is 5.83. The fraction of sp³-hybridized carbons (Fsp3) is 0.929. The summed E-state index contributed by atoms with van der Waals surface area (Å²) < 4.78 is 0. The van der Waals surface area contributed by atoms with Crippen molar-refractivity contribution in [1.29, 1.82) is 0 Å². The van der Waals surface area contributed by atoms with Crippen molar-refractivity contribution in [2.75, 3.05) is 13.6 Å². The Hall–Kier alpha value is -0.280. The molecule has 1 amide bonds. The molecule has 108 valence electrons. The molecule has 0 aliphatic heterocycles. The Labute approximate surface area is 118 Å². The summed E-state index contributed by atoms with van der Waals surface area (Å²) in [5, 5.41) is 6.26. The van der Waals surface area contributed by atoms with E-state index in [0.717, 1.165) is 31.2 Å². The first-order chi connectivity index (χ1) is 8.04. The van der Waals surface area contributed by atoms with Crippen molar-refractivity contribution < 1.29 is 4.79 Å². The van der Waals surface area contributed by atoms with Gasteiger partial charge in [0.25, 0.3) is 0 Å². The molecule has 1 aliphatic rings. The molecule has 1 rings (SSSR count). The zero-order valence-electron chi connectivity index (χ0n) is 12.2. The second-order valence-corrected chi connectivity index (χ2v) is 5.83. The molecular formula is C14H29ClN2O. The summed E-state index contributed by atoms with van der Waals surface area (Å²) in [7, 11) is 1.89. The second kappa shape index (κ2) is 8.76. The fourth-order valence-corrected chi connectivity index (χ4v) is 2.71. The molecule has 2 N–H and O–H groups in total. The van der Waals surface area contributed by atoms with Gasteiger partial charge in [-0.3, -0.25) is 4.79 Å². The number of carbonyl (C=O) groups is 1. The van der Waals surface area contributed by atoms with E-state index in [4.69, 9.17) is 0 Å². The minimum absolute atomic E-state index is 0. The molecule has 3 unspecified atom stereocenters. The maximum absolute atomic E-state index is 11.9. The normalized spacial score (nSPS) is 25.4. The number of hydrogen-bond donors (Lipinski definition) is 2. The molecular weight excluding hydrogens is 248 g/mol. The van der Waals surface area contributed by atoms with Crippen LogP contribution in [0.4, 0.5) is 0 Å². The third-order valence-corrected chi connectivity index (χ3v) is 3.96. The van der Waals surface area contributed by atoms with Gasteiger partial charge in [-0.25, -0.2) is 0 Å². The average Bonchev–Trinajstić information content (AvgIpc) is 2.29. The van der Waals surface area contributed by atoms with Crippen LogP contribution in [0.1, 0.15) is 46.5 Å². The van der Waals surface area contributed by atoms with Crippen molar-refractivity contribution >= 4 is 18.3 Å². The van der Waals surface area contributed by atoms with Crippen molar-refractivity contribution in [3.8, 4) is 0 Å². The Bertz CT molecular complexity index is 246. The Morgan fingerprint density at radius 1 is 1.28 bits per heavy atom. The van der Waals surface area contributed by atoms with Crippen LogP contribution in [-0.2, 0) is 4.79 Å². The predicted molar refractivity (Wildman–Crippen MR) is 79.1 cm³/mol. The van der Waals surface area contributed by atoms with Crippen LogP contribution in [0.15, 0.2) is 0 Å². The van der Waals surface area contributed by atoms with E-state index in [1.807, 2.05) is 14.0 Å². The number of rotatable bonds is 5. The van der Waals surface area contributed by atoms with E-state index in [2.05, 4.69) is 24.5 Å². The van der Waals surface area contributed by atoms with Crippen molar-refractivity contribution in [2.24, 2.45) is 17.8 Å². The summed E-state index contributed by atoms with van der Waals surface area (Å²) >= 11 is 0. The van der Waals surface area contributed by atoms with E-state index in [9.17, 15) is 4.79 Å². The van der Waals surface area contributed by atoms with E-state index in [1.54, 1.807) is 0 Å². The maximum Gasteiger partial charge on any atom is 0.224 e. The minimum atomic E-state index is 0. The number of hydrogen-bond acceptors (Lipinski definition) is 2. The zero-order valence-corrected chi connectivity index (χ0v) is 13.0. The monoisotopic (exact) mass is 276 g/mol. The Morgan fingerprint density at radius 3 is 2.50 bits per heavy atom. The van der Waals surface area contributed by atoms with Gasteiger partial charge in [0.2, 0.25) is 5.91 Å². The number of carbonyl (C=O) groups excluding carboxylic acids is 1. The first kappa shape index (κ1) is 17.7. The van der Waals surface area contributed by atoms with Crippen LogP contribution < -0.4 is 10.6 Å². The van der Waals surface area contributed by atoms with Crippen LogP contribution in [0.2, 0.25) is 0 Å². The van der Waals surface area contributed by atoms with E-state index in [1.165, 1.54) is 12.8 Å². The molecule has 0 saturated heterocycles. The highest BCUT2D eigenvalue weighted by atomic mass is 35.5. The summed E-state index contributed by atoms with van der Waals surface area (Å²) in [6.07, 6.45) is 4.90.